The Kier molecular flexibility index (Phi) is 5.97. The topological polar surface area (TPSA) is 52.6 Å². The van der Waals surface area contributed by atoms with Gasteiger partial charge in [0.05, 0.1) is 24.3 Å². The van der Waals surface area contributed by atoms with Crippen LogP contribution in [0.2, 0.25) is 0 Å². The smallest absolute Gasteiger partial charge is 0.338 e. The molecule has 0 unspecified atom stereocenters. The van der Waals surface area contributed by atoms with Gasteiger partial charge in [-0.15, -0.1) is 0 Å². The van der Waals surface area contributed by atoms with Gasteiger partial charge in [0.15, 0.2) is 0 Å². The van der Waals surface area contributed by atoms with Gasteiger partial charge in [0.2, 0.25) is 0 Å². The number of allylic oxidation sites excluding steroid dienone is 1. The molecule has 0 aliphatic carbocycles. The van der Waals surface area contributed by atoms with Crippen LogP contribution < -0.4 is 0 Å². The molecule has 1 aromatic rings. The maximum atomic E-state index is 11.8. The molecule has 0 bridgehead atoms. The SMILES string of the molecule is CCOC(=O)c1cc(C=C(C)C)cc(C(=O)OCC)c1. The van der Waals surface area contributed by atoms with Crippen molar-refractivity contribution in [3.8, 4) is 0 Å². The summed E-state index contributed by atoms with van der Waals surface area (Å²) in [5.74, 6) is -0.885. The van der Waals surface area contributed by atoms with Gasteiger partial charge in [-0.1, -0.05) is 11.6 Å². The van der Waals surface area contributed by atoms with Gasteiger partial charge in [0, 0.05) is 0 Å². The van der Waals surface area contributed by atoms with Gasteiger partial charge in [-0.05, 0) is 51.5 Å². The summed E-state index contributed by atoms with van der Waals surface area (Å²) in [6.07, 6.45) is 1.89. The van der Waals surface area contributed by atoms with Crippen LogP contribution in [0.15, 0.2) is 23.8 Å². The molecule has 0 saturated carbocycles. The molecule has 4 heteroatoms. The summed E-state index contributed by atoms with van der Waals surface area (Å²) >= 11 is 0. The van der Waals surface area contributed by atoms with Crippen LogP contribution in [0, 0.1) is 0 Å². The van der Waals surface area contributed by atoms with Crippen LogP contribution in [0.5, 0.6) is 0 Å². The van der Waals surface area contributed by atoms with E-state index in [1.54, 1.807) is 26.0 Å². The third-order valence-electron chi connectivity index (χ3n) is 2.43. The molecule has 20 heavy (non-hydrogen) atoms. The zero-order valence-electron chi connectivity index (χ0n) is 12.4. The highest BCUT2D eigenvalue weighted by Gasteiger charge is 2.13. The summed E-state index contributed by atoms with van der Waals surface area (Å²) in [6, 6.07) is 4.90. The zero-order valence-corrected chi connectivity index (χ0v) is 12.4. The molecule has 0 radical (unpaired) electrons. The lowest BCUT2D eigenvalue weighted by Gasteiger charge is -2.07. The van der Waals surface area contributed by atoms with Crippen LogP contribution in [0.4, 0.5) is 0 Å². The quantitative estimate of drug-likeness (QED) is 0.773. The van der Waals surface area contributed by atoms with Crippen molar-refractivity contribution in [1.29, 1.82) is 0 Å². The lowest BCUT2D eigenvalue weighted by atomic mass is 10.0. The molecule has 0 aliphatic heterocycles. The van der Waals surface area contributed by atoms with Crippen LogP contribution in [-0.4, -0.2) is 25.2 Å². The minimum Gasteiger partial charge on any atom is -0.462 e. The molecule has 0 aromatic heterocycles. The van der Waals surface area contributed by atoms with Crippen LogP contribution >= 0.6 is 0 Å². The Hall–Kier alpha value is -2.10. The van der Waals surface area contributed by atoms with Gasteiger partial charge in [0.1, 0.15) is 0 Å². The predicted molar refractivity (Wildman–Crippen MR) is 77.7 cm³/mol. The fraction of sp³-hybridized carbons (Fsp3) is 0.375. The van der Waals surface area contributed by atoms with Crippen LogP contribution in [0.3, 0.4) is 0 Å². The molecular weight excluding hydrogens is 256 g/mol. The van der Waals surface area contributed by atoms with Crippen molar-refractivity contribution in [2.45, 2.75) is 27.7 Å². The largest absolute Gasteiger partial charge is 0.462 e. The molecule has 0 atom stereocenters. The fourth-order valence-electron chi connectivity index (χ4n) is 1.73. The number of hydrogen-bond acceptors (Lipinski definition) is 4. The highest BCUT2D eigenvalue weighted by atomic mass is 16.5. The third-order valence-corrected chi connectivity index (χ3v) is 2.43. The number of hydrogen-bond donors (Lipinski definition) is 0. The molecule has 1 rings (SSSR count). The highest BCUT2D eigenvalue weighted by molar-refractivity contribution is 5.96. The monoisotopic (exact) mass is 276 g/mol. The van der Waals surface area contributed by atoms with Crippen molar-refractivity contribution in [3.05, 3.63) is 40.5 Å². The summed E-state index contributed by atoms with van der Waals surface area (Å²) < 4.78 is 9.94. The lowest BCUT2D eigenvalue weighted by molar-refractivity contribution is 0.0525. The number of rotatable bonds is 5. The first kappa shape index (κ1) is 16.0. The van der Waals surface area contributed by atoms with Gasteiger partial charge in [-0.2, -0.15) is 0 Å². The average molecular weight is 276 g/mol. The van der Waals surface area contributed by atoms with E-state index >= 15 is 0 Å². The van der Waals surface area contributed by atoms with Crippen LogP contribution in [0.1, 0.15) is 54.0 Å². The molecule has 108 valence electrons. The Labute approximate surface area is 119 Å². The van der Waals surface area contributed by atoms with Crippen molar-refractivity contribution in [3.63, 3.8) is 0 Å². The van der Waals surface area contributed by atoms with E-state index in [0.717, 1.165) is 11.1 Å². The van der Waals surface area contributed by atoms with E-state index in [0.29, 0.717) is 24.3 Å². The number of esters is 2. The van der Waals surface area contributed by atoms with E-state index in [4.69, 9.17) is 9.47 Å². The van der Waals surface area contributed by atoms with Gasteiger partial charge in [0.25, 0.3) is 0 Å². The average Bonchev–Trinajstić information content (AvgIpc) is 2.38. The first-order valence-corrected chi connectivity index (χ1v) is 6.62. The number of benzene rings is 1. The molecular formula is C16H20O4. The van der Waals surface area contributed by atoms with E-state index in [-0.39, 0.29) is 0 Å². The van der Waals surface area contributed by atoms with Crippen molar-refractivity contribution in [2.75, 3.05) is 13.2 Å². The van der Waals surface area contributed by atoms with Gasteiger partial charge in [-0.3, -0.25) is 0 Å². The first-order chi connectivity index (χ1) is 9.47. The molecule has 0 heterocycles. The number of carbonyl (C=O) groups is 2. The Balaban J connectivity index is 3.24. The lowest BCUT2D eigenvalue weighted by Crippen LogP contribution is -2.09. The first-order valence-electron chi connectivity index (χ1n) is 6.62. The molecule has 4 nitrogen and oxygen atoms in total. The third kappa shape index (κ3) is 4.53. The Morgan fingerprint density at radius 1 is 0.950 bits per heavy atom. The Bertz CT molecular complexity index is 489. The van der Waals surface area contributed by atoms with E-state index < -0.39 is 11.9 Å². The van der Waals surface area contributed by atoms with Crippen LogP contribution in [-0.2, 0) is 9.47 Å². The van der Waals surface area contributed by atoms with Gasteiger partial charge < -0.3 is 9.47 Å². The Morgan fingerprint density at radius 2 is 1.40 bits per heavy atom. The van der Waals surface area contributed by atoms with E-state index in [2.05, 4.69) is 0 Å². The van der Waals surface area contributed by atoms with E-state index in [1.165, 1.54) is 6.07 Å². The molecule has 0 spiro atoms. The predicted octanol–water partition coefficient (Wildman–Crippen LogP) is 3.46. The van der Waals surface area contributed by atoms with Gasteiger partial charge in [-0.25, -0.2) is 9.59 Å². The molecule has 0 fully saturated rings. The van der Waals surface area contributed by atoms with E-state index in [1.807, 2.05) is 19.9 Å². The summed E-state index contributed by atoms with van der Waals surface area (Å²) in [7, 11) is 0. The fourth-order valence-corrected chi connectivity index (χ4v) is 1.73. The second-order valence-corrected chi connectivity index (χ2v) is 4.51. The molecule has 0 amide bonds. The minimum atomic E-state index is -0.443. The van der Waals surface area contributed by atoms with Gasteiger partial charge >= 0.3 is 11.9 Å². The summed E-state index contributed by atoms with van der Waals surface area (Å²) in [6.45, 7) is 7.96. The van der Waals surface area contributed by atoms with Crippen molar-refractivity contribution < 1.29 is 19.1 Å². The second kappa shape index (κ2) is 7.48. The normalized spacial score (nSPS) is 9.80. The van der Waals surface area contributed by atoms with Crippen LogP contribution in [0.25, 0.3) is 6.08 Å². The summed E-state index contributed by atoms with van der Waals surface area (Å²) in [4.78, 5) is 23.6. The highest BCUT2D eigenvalue weighted by Crippen LogP contribution is 2.16. The minimum absolute atomic E-state index is 0.292. The number of ether oxygens (including phenoxy) is 2. The summed E-state index contributed by atoms with van der Waals surface area (Å²) in [5.41, 5.74) is 2.55. The molecule has 0 aliphatic rings. The maximum Gasteiger partial charge on any atom is 0.338 e. The molecule has 0 N–H and O–H groups in total. The molecule has 0 saturated heterocycles. The number of carbonyl (C=O) groups excluding carboxylic acids is 2. The van der Waals surface area contributed by atoms with Crippen molar-refractivity contribution in [1.82, 2.24) is 0 Å². The van der Waals surface area contributed by atoms with Crippen molar-refractivity contribution in [2.24, 2.45) is 0 Å². The Morgan fingerprint density at radius 3 is 1.75 bits per heavy atom. The maximum absolute atomic E-state index is 11.8. The molecule has 1 aromatic carbocycles. The standard InChI is InChI=1S/C16H20O4/c1-5-19-15(17)13-8-12(7-11(3)4)9-14(10-13)16(18)20-6-2/h7-10H,5-6H2,1-4H3. The second-order valence-electron chi connectivity index (χ2n) is 4.51. The van der Waals surface area contributed by atoms with E-state index in [9.17, 15) is 9.59 Å². The zero-order chi connectivity index (χ0) is 15.1. The summed E-state index contributed by atoms with van der Waals surface area (Å²) in [5, 5.41) is 0. The van der Waals surface area contributed by atoms with Crippen molar-refractivity contribution >= 4 is 18.0 Å².